The van der Waals surface area contributed by atoms with Crippen LogP contribution in [-0.2, 0) is 4.74 Å². The smallest absolute Gasteiger partial charge is 0.257 e. The van der Waals surface area contributed by atoms with Gasteiger partial charge in [-0.15, -0.1) is 0 Å². The Kier molecular flexibility index (Phi) is 4.59. The standard InChI is InChI=1S/C19H18Cl2N2O2/c20-12-7-8-14(16(21)10-12)18-22-17-6-2-1-5-15(17)19(24)23(18)11-13-4-3-9-25-13/h1-2,5-8,10,13,18,22H,3-4,9,11H2/t13-,18-/m0/s1. The minimum Gasteiger partial charge on any atom is -0.376 e. The number of halogens is 2. The molecule has 2 heterocycles. The van der Waals surface area contributed by atoms with Gasteiger partial charge in [-0.3, -0.25) is 4.79 Å². The lowest BCUT2D eigenvalue weighted by molar-refractivity contribution is 0.0427. The molecular weight excluding hydrogens is 359 g/mol. The third-order valence-electron chi connectivity index (χ3n) is 4.70. The van der Waals surface area contributed by atoms with E-state index in [1.807, 2.05) is 35.2 Å². The average molecular weight is 377 g/mol. The van der Waals surface area contributed by atoms with Gasteiger partial charge in [-0.2, -0.15) is 0 Å². The van der Waals surface area contributed by atoms with Crippen molar-refractivity contribution in [1.29, 1.82) is 0 Å². The second-order valence-corrected chi connectivity index (χ2v) is 7.19. The molecule has 1 saturated heterocycles. The number of carbonyl (C=O) groups is 1. The number of rotatable bonds is 3. The maximum atomic E-state index is 13.1. The van der Waals surface area contributed by atoms with Crippen LogP contribution in [0.4, 0.5) is 5.69 Å². The zero-order valence-corrected chi connectivity index (χ0v) is 15.1. The highest BCUT2D eigenvalue weighted by atomic mass is 35.5. The summed E-state index contributed by atoms with van der Waals surface area (Å²) < 4.78 is 5.75. The topological polar surface area (TPSA) is 41.6 Å². The minimum atomic E-state index is -0.351. The van der Waals surface area contributed by atoms with E-state index in [9.17, 15) is 4.79 Å². The number of fused-ring (bicyclic) bond motifs is 1. The highest BCUT2D eigenvalue weighted by molar-refractivity contribution is 6.35. The van der Waals surface area contributed by atoms with Crippen LogP contribution in [0.2, 0.25) is 10.0 Å². The second-order valence-electron chi connectivity index (χ2n) is 6.35. The number of ether oxygens (including phenoxy) is 1. The predicted octanol–water partition coefficient (Wildman–Crippen LogP) is 4.74. The lowest BCUT2D eigenvalue weighted by Gasteiger charge is -2.39. The normalized spacial score (nSPS) is 22.6. The first-order valence-electron chi connectivity index (χ1n) is 8.36. The number of hydrogen-bond acceptors (Lipinski definition) is 3. The molecule has 130 valence electrons. The maximum Gasteiger partial charge on any atom is 0.257 e. The van der Waals surface area contributed by atoms with Gasteiger partial charge >= 0.3 is 0 Å². The Bertz CT molecular complexity index is 806. The molecule has 6 heteroatoms. The molecule has 2 aromatic rings. The highest BCUT2D eigenvalue weighted by Crippen LogP contribution is 2.37. The van der Waals surface area contributed by atoms with Gasteiger partial charge in [-0.25, -0.2) is 0 Å². The number of hydrogen-bond donors (Lipinski definition) is 1. The maximum absolute atomic E-state index is 13.1. The van der Waals surface area contributed by atoms with Crippen molar-refractivity contribution in [3.05, 3.63) is 63.6 Å². The molecule has 2 atom stereocenters. The fourth-order valence-corrected chi connectivity index (χ4v) is 3.97. The molecule has 4 nitrogen and oxygen atoms in total. The van der Waals surface area contributed by atoms with E-state index >= 15 is 0 Å². The van der Waals surface area contributed by atoms with Gasteiger partial charge in [0.05, 0.1) is 11.7 Å². The fraction of sp³-hybridized carbons (Fsp3) is 0.316. The lowest BCUT2D eigenvalue weighted by atomic mass is 10.0. The molecule has 0 saturated carbocycles. The number of para-hydroxylation sites is 1. The monoisotopic (exact) mass is 376 g/mol. The highest BCUT2D eigenvalue weighted by Gasteiger charge is 2.35. The van der Waals surface area contributed by atoms with Gasteiger partial charge in [0.2, 0.25) is 0 Å². The molecule has 4 rings (SSSR count). The summed E-state index contributed by atoms with van der Waals surface area (Å²) in [6, 6.07) is 12.9. The molecule has 0 unspecified atom stereocenters. The van der Waals surface area contributed by atoms with Gasteiger partial charge in [0.25, 0.3) is 5.91 Å². The fourth-order valence-electron chi connectivity index (χ4n) is 3.46. The number of amides is 1. The van der Waals surface area contributed by atoms with E-state index in [0.29, 0.717) is 22.2 Å². The number of benzene rings is 2. The van der Waals surface area contributed by atoms with Gasteiger partial charge in [-0.05, 0) is 37.1 Å². The van der Waals surface area contributed by atoms with Crippen LogP contribution in [0.15, 0.2) is 42.5 Å². The van der Waals surface area contributed by atoms with Crippen molar-refractivity contribution in [2.24, 2.45) is 0 Å². The summed E-state index contributed by atoms with van der Waals surface area (Å²) in [5.74, 6) is -0.0131. The van der Waals surface area contributed by atoms with Crippen molar-refractivity contribution in [2.45, 2.75) is 25.1 Å². The summed E-state index contributed by atoms with van der Waals surface area (Å²) in [6.45, 7) is 1.28. The molecule has 0 bridgehead atoms. The third kappa shape index (κ3) is 3.22. The number of nitrogens with zero attached hydrogens (tertiary/aromatic N) is 1. The molecule has 2 aromatic carbocycles. The van der Waals surface area contributed by atoms with E-state index in [2.05, 4.69) is 5.32 Å². The van der Waals surface area contributed by atoms with Crippen LogP contribution < -0.4 is 5.32 Å². The van der Waals surface area contributed by atoms with Crippen molar-refractivity contribution in [3.63, 3.8) is 0 Å². The van der Waals surface area contributed by atoms with Crippen molar-refractivity contribution >= 4 is 34.8 Å². The van der Waals surface area contributed by atoms with Gasteiger partial charge < -0.3 is 15.0 Å². The van der Waals surface area contributed by atoms with Crippen LogP contribution in [0.3, 0.4) is 0 Å². The average Bonchev–Trinajstić information content (AvgIpc) is 3.11. The van der Waals surface area contributed by atoms with Crippen LogP contribution in [0, 0.1) is 0 Å². The van der Waals surface area contributed by atoms with Crippen molar-refractivity contribution in [2.75, 3.05) is 18.5 Å². The second kappa shape index (κ2) is 6.87. The predicted molar refractivity (Wildman–Crippen MR) is 99.3 cm³/mol. The van der Waals surface area contributed by atoms with E-state index in [1.54, 1.807) is 12.1 Å². The van der Waals surface area contributed by atoms with Crippen LogP contribution in [-0.4, -0.2) is 30.1 Å². The van der Waals surface area contributed by atoms with Crippen molar-refractivity contribution in [3.8, 4) is 0 Å². The number of carbonyl (C=O) groups excluding carboxylic acids is 1. The molecule has 1 N–H and O–H groups in total. The van der Waals surface area contributed by atoms with E-state index in [1.165, 1.54) is 0 Å². The zero-order valence-electron chi connectivity index (χ0n) is 13.5. The molecule has 2 aliphatic rings. The molecule has 1 fully saturated rings. The molecule has 0 radical (unpaired) electrons. The zero-order chi connectivity index (χ0) is 17.4. The Morgan fingerprint density at radius 1 is 1.20 bits per heavy atom. The number of nitrogens with one attached hydrogen (secondary N) is 1. The largest absolute Gasteiger partial charge is 0.376 e. The van der Waals surface area contributed by atoms with E-state index < -0.39 is 0 Å². The minimum absolute atomic E-state index is 0.0131. The van der Waals surface area contributed by atoms with Crippen molar-refractivity contribution in [1.82, 2.24) is 4.90 Å². The Labute approximate surface area is 156 Å². The van der Waals surface area contributed by atoms with Gasteiger partial charge in [0.1, 0.15) is 6.17 Å². The van der Waals surface area contributed by atoms with E-state index in [-0.39, 0.29) is 18.2 Å². The third-order valence-corrected chi connectivity index (χ3v) is 5.27. The first-order chi connectivity index (χ1) is 12.1. The van der Waals surface area contributed by atoms with Gasteiger partial charge in [0, 0.05) is 34.4 Å². The Morgan fingerprint density at radius 2 is 2.04 bits per heavy atom. The summed E-state index contributed by atoms with van der Waals surface area (Å²) in [6.07, 6.45) is 1.70. The molecule has 25 heavy (non-hydrogen) atoms. The van der Waals surface area contributed by atoms with Crippen LogP contribution in [0.1, 0.15) is 34.9 Å². The summed E-state index contributed by atoms with van der Waals surface area (Å²) in [5, 5.41) is 4.56. The van der Waals surface area contributed by atoms with Crippen LogP contribution in [0.25, 0.3) is 0 Å². The van der Waals surface area contributed by atoms with Gasteiger partial charge in [0.15, 0.2) is 0 Å². The molecule has 2 aliphatic heterocycles. The van der Waals surface area contributed by atoms with E-state index in [4.69, 9.17) is 27.9 Å². The summed E-state index contributed by atoms with van der Waals surface area (Å²) in [4.78, 5) is 14.9. The van der Waals surface area contributed by atoms with Crippen molar-refractivity contribution < 1.29 is 9.53 Å². The Morgan fingerprint density at radius 3 is 2.80 bits per heavy atom. The molecule has 0 spiro atoms. The van der Waals surface area contributed by atoms with Gasteiger partial charge in [-0.1, -0.05) is 41.4 Å². The quantitative estimate of drug-likeness (QED) is 0.840. The molecule has 1 amide bonds. The van der Waals surface area contributed by atoms with Crippen LogP contribution in [0.5, 0.6) is 0 Å². The SMILES string of the molecule is O=C1c2ccccc2N[C@H](c2ccc(Cl)cc2Cl)N1C[C@@H]1CCCO1. The first kappa shape index (κ1) is 16.7. The summed E-state index contributed by atoms with van der Waals surface area (Å²) in [7, 11) is 0. The molecule has 0 aromatic heterocycles. The van der Waals surface area contributed by atoms with Crippen LogP contribution >= 0.6 is 23.2 Å². The first-order valence-corrected chi connectivity index (χ1v) is 9.12. The summed E-state index contributed by atoms with van der Waals surface area (Å²) >= 11 is 12.5. The molecule has 0 aliphatic carbocycles. The Balaban J connectivity index is 1.74. The number of anilines is 1. The Hall–Kier alpha value is -1.75. The lowest BCUT2D eigenvalue weighted by Crippen LogP contribution is -2.46. The summed E-state index contributed by atoms with van der Waals surface area (Å²) in [5.41, 5.74) is 2.31. The molecular formula is C19H18Cl2N2O2. The van der Waals surface area contributed by atoms with E-state index in [0.717, 1.165) is 30.7 Å².